The Morgan fingerprint density at radius 3 is 2.13 bits per heavy atom. The molecule has 0 aliphatic carbocycles. The summed E-state index contributed by atoms with van der Waals surface area (Å²) in [7, 11) is -3.80. The molecule has 0 aliphatic rings. The maximum Gasteiger partial charge on any atom is 0.261 e. The highest BCUT2D eigenvalue weighted by Crippen LogP contribution is 2.26. The molecule has 2 amide bonds. The Balaban J connectivity index is 1.75. The normalized spacial score (nSPS) is 10.9. The van der Waals surface area contributed by atoms with E-state index < -0.39 is 15.9 Å². The zero-order chi connectivity index (χ0) is 21.7. The van der Waals surface area contributed by atoms with Gasteiger partial charge in [-0.25, -0.2) is 8.42 Å². The number of anilines is 3. The van der Waals surface area contributed by atoms with Gasteiger partial charge in [-0.15, -0.1) is 0 Å². The van der Waals surface area contributed by atoms with Crippen LogP contribution in [0.4, 0.5) is 17.1 Å². The Morgan fingerprint density at radius 1 is 0.833 bits per heavy atom. The van der Waals surface area contributed by atoms with Crippen molar-refractivity contribution < 1.29 is 18.0 Å². The van der Waals surface area contributed by atoms with Crippen LogP contribution in [0.15, 0.2) is 77.7 Å². The SMILES string of the molecule is CC(=O)Nc1cccc(NC(=O)c2ccc(NS(=O)(=O)c3ccccc3)c(Cl)c2)c1. The predicted octanol–water partition coefficient (Wildman–Crippen LogP) is 4.35. The maximum absolute atomic E-state index is 12.5. The zero-order valence-electron chi connectivity index (χ0n) is 15.8. The van der Waals surface area contributed by atoms with Gasteiger partial charge in [0, 0.05) is 23.9 Å². The van der Waals surface area contributed by atoms with Crippen LogP contribution in [0, 0.1) is 0 Å². The third-order valence-corrected chi connectivity index (χ3v) is 5.66. The van der Waals surface area contributed by atoms with E-state index in [0.29, 0.717) is 11.4 Å². The topological polar surface area (TPSA) is 104 Å². The van der Waals surface area contributed by atoms with Crippen LogP contribution in [-0.2, 0) is 14.8 Å². The lowest BCUT2D eigenvalue weighted by molar-refractivity contribution is -0.114. The molecule has 0 saturated carbocycles. The fourth-order valence-corrected chi connectivity index (χ4v) is 4.01. The maximum atomic E-state index is 12.5. The van der Waals surface area contributed by atoms with Gasteiger partial charge in [0.15, 0.2) is 0 Å². The summed E-state index contributed by atoms with van der Waals surface area (Å²) in [6, 6.07) is 18.8. The average Bonchev–Trinajstić information content (AvgIpc) is 2.70. The number of halogens is 1. The quantitative estimate of drug-likeness (QED) is 0.526. The summed E-state index contributed by atoms with van der Waals surface area (Å²) in [5, 5.41) is 5.42. The molecule has 0 heterocycles. The summed E-state index contributed by atoms with van der Waals surface area (Å²) < 4.78 is 27.3. The van der Waals surface area contributed by atoms with E-state index >= 15 is 0 Å². The van der Waals surface area contributed by atoms with E-state index in [4.69, 9.17) is 11.6 Å². The van der Waals surface area contributed by atoms with Crippen molar-refractivity contribution >= 4 is 50.5 Å². The monoisotopic (exact) mass is 443 g/mol. The Bertz CT molecular complexity index is 1200. The molecule has 3 aromatic carbocycles. The van der Waals surface area contributed by atoms with E-state index in [0.717, 1.165) is 0 Å². The standard InChI is InChI=1S/C21H18ClN3O4S/c1-14(26)23-16-6-5-7-17(13-16)24-21(27)15-10-11-20(19(22)12-15)25-30(28,29)18-8-3-2-4-9-18/h2-13,25H,1H3,(H,23,26)(H,24,27). The first kappa shape index (κ1) is 21.4. The van der Waals surface area contributed by atoms with Gasteiger partial charge >= 0.3 is 0 Å². The number of nitrogens with one attached hydrogen (secondary N) is 3. The van der Waals surface area contributed by atoms with E-state index in [1.165, 1.54) is 37.3 Å². The number of amides is 2. The summed E-state index contributed by atoms with van der Waals surface area (Å²) >= 11 is 6.20. The summed E-state index contributed by atoms with van der Waals surface area (Å²) in [6.45, 7) is 1.39. The van der Waals surface area contributed by atoms with Gasteiger partial charge in [-0.2, -0.15) is 0 Å². The van der Waals surface area contributed by atoms with Crippen LogP contribution in [-0.4, -0.2) is 20.2 Å². The fourth-order valence-electron chi connectivity index (χ4n) is 2.62. The van der Waals surface area contributed by atoms with Crippen molar-refractivity contribution in [2.45, 2.75) is 11.8 Å². The van der Waals surface area contributed by atoms with Crippen molar-refractivity contribution in [1.82, 2.24) is 0 Å². The van der Waals surface area contributed by atoms with Gasteiger partial charge in [0.25, 0.3) is 15.9 Å². The van der Waals surface area contributed by atoms with Gasteiger partial charge in [-0.1, -0.05) is 35.9 Å². The van der Waals surface area contributed by atoms with Crippen LogP contribution in [0.25, 0.3) is 0 Å². The van der Waals surface area contributed by atoms with Gasteiger partial charge < -0.3 is 10.6 Å². The van der Waals surface area contributed by atoms with Crippen molar-refractivity contribution in [3.05, 3.63) is 83.4 Å². The molecule has 0 fully saturated rings. The summed E-state index contributed by atoms with van der Waals surface area (Å²) in [6.07, 6.45) is 0. The molecule has 7 nitrogen and oxygen atoms in total. The van der Waals surface area contributed by atoms with Gasteiger partial charge in [0.2, 0.25) is 5.91 Å². The highest BCUT2D eigenvalue weighted by molar-refractivity contribution is 7.92. The van der Waals surface area contributed by atoms with Crippen molar-refractivity contribution in [2.24, 2.45) is 0 Å². The minimum Gasteiger partial charge on any atom is -0.326 e. The first-order valence-electron chi connectivity index (χ1n) is 8.81. The van der Waals surface area contributed by atoms with Gasteiger partial charge in [0.05, 0.1) is 15.6 Å². The highest BCUT2D eigenvalue weighted by atomic mass is 35.5. The molecule has 0 atom stereocenters. The van der Waals surface area contributed by atoms with E-state index in [2.05, 4.69) is 15.4 Å². The Labute approximate surface area is 179 Å². The molecule has 0 unspecified atom stereocenters. The predicted molar refractivity (Wildman–Crippen MR) is 117 cm³/mol. The van der Waals surface area contributed by atoms with Crippen LogP contribution in [0.5, 0.6) is 0 Å². The van der Waals surface area contributed by atoms with Gasteiger partial charge in [0.1, 0.15) is 0 Å². The lowest BCUT2D eigenvalue weighted by Crippen LogP contribution is -2.15. The second kappa shape index (κ2) is 8.98. The third kappa shape index (κ3) is 5.37. The molecule has 0 spiro atoms. The van der Waals surface area contributed by atoms with Crippen LogP contribution >= 0.6 is 11.6 Å². The number of carbonyl (C=O) groups excluding carboxylic acids is 2. The molecular weight excluding hydrogens is 426 g/mol. The Kier molecular flexibility index (Phi) is 6.39. The van der Waals surface area contributed by atoms with Crippen LogP contribution in [0.1, 0.15) is 17.3 Å². The second-order valence-corrected chi connectivity index (χ2v) is 8.42. The number of hydrogen-bond donors (Lipinski definition) is 3. The zero-order valence-corrected chi connectivity index (χ0v) is 17.4. The van der Waals surface area contributed by atoms with E-state index in [1.54, 1.807) is 42.5 Å². The molecule has 3 N–H and O–H groups in total. The molecule has 30 heavy (non-hydrogen) atoms. The first-order valence-corrected chi connectivity index (χ1v) is 10.7. The smallest absolute Gasteiger partial charge is 0.261 e. The van der Waals surface area contributed by atoms with Gasteiger partial charge in [-0.05, 0) is 48.5 Å². The number of sulfonamides is 1. The fraction of sp³-hybridized carbons (Fsp3) is 0.0476. The third-order valence-electron chi connectivity index (χ3n) is 3.97. The van der Waals surface area contributed by atoms with E-state index in [1.807, 2.05) is 0 Å². The Morgan fingerprint density at radius 2 is 1.50 bits per heavy atom. The summed E-state index contributed by atoms with van der Waals surface area (Å²) in [5.74, 6) is -0.659. The molecule has 0 bridgehead atoms. The highest BCUT2D eigenvalue weighted by Gasteiger charge is 2.16. The number of carbonyl (C=O) groups is 2. The first-order chi connectivity index (χ1) is 14.2. The van der Waals surface area contributed by atoms with Crippen molar-refractivity contribution in [1.29, 1.82) is 0 Å². The largest absolute Gasteiger partial charge is 0.326 e. The molecular formula is C21H18ClN3O4S. The lowest BCUT2D eigenvalue weighted by Gasteiger charge is -2.11. The number of hydrogen-bond acceptors (Lipinski definition) is 4. The van der Waals surface area contributed by atoms with Crippen LogP contribution < -0.4 is 15.4 Å². The minimum absolute atomic E-state index is 0.0779. The van der Waals surface area contributed by atoms with Gasteiger partial charge in [-0.3, -0.25) is 14.3 Å². The number of benzene rings is 3. The molecule has 154 valence electrons. The molecule has 0 aromatic heterocycles. The molecule has 0 aliphatic heterocycles. The average molecular weight is 444 g/mol. The second-order valence-electron chi connectivity index (χ2n) is 6.33. The summed E-state index contributed by atoms with van der Waals surface area (Å²) in [4.78, 5) is 23.8. The number of rotatable bonds is 6. The van der Waals surface area contributed by atoms with E-state index in [9.17, 15) is 18.0 Å². The van der Waals surface area contributed by atoms with E-state index in [-0.39, 0.29) is 27.1 Å². The van der Waals surface area contributed by atoms with Crippen molar-refractivity contribution in [3.8, 4) is 0 Å². The molecule has 9 heteroatoms. The Hall–Kier alpha value is -3.36. The lowest BCUT2D eigenvalue weighted by atomic mass is 10.2. The molecule has 0 radical (unpaired) electrons. The molecule has 3 rings (SSSR count). The summed E-state index contributed by atoms with van der Waals surface area (Å²) in [5.41, 5.74) is 1.43. The molecule has 0 saturated heterocycles. The van der Waals surface area contributed by atoms with Crippen molar-refractivity contribution in [3.63, 3.8) is 0 Å². The minimum atomic E-state index is -3.80. The van der Waals surface area contributed by atoms with Crippen LogP contribution in [0.3, 0.4) is 0 Å². The van der Waals surface area contributed by atoms with Crippen molar-refractivity contribution in [2.75, 3.05) is 15.4 Å². The van der Waals surface area contributed by atoms with Crippen LogP contribution in [0.2, 0.25) is 5.02 Å². The molecule has 3 aromatic rings.